The molecule has 1 N–H and O–H groups in total. The fourth-order valence-electron chi connectivity index (χ4n) is 3.74. The highest BCUT2D eigenvalue weighted by Crippen LogP contribution is 2.30. The number of thiazole rings is 1. The highest BCUT2D eigenvalue weighted by molar-refractivity contribution is 14.0. The Kier molecular flexibility index (Phi) is 9.26. The molecule has 0 aromatic carbocycles. The lowest BCUT2D eigenvalue weighted by Crippen LogP contribution is -2.41. The zero-order valence-corrected chi connectivity index (χ0v) is 19.3. The Labute approximate surface area is 185 Å². The molecule has 28 heavy (non-hydrogen) atoms. The van der Waals surface area contributed by atoms with E-state index in [1.165, 1.54) is 32.4 Å². The van der Waals surface area contributed by atoms with Crippen molar-refractivity contribution < 1.29 is 13.2 Å². The zero-order valence-electron chi connectivity index (χ0n) is 16.2. The van der Waals surface area contributed by atoms with Gasteiger partial charge >= 0.3 is 6.18 Å². The van der Waals surface area contributed by atoms with Crippen LogP contribution in [0, 0.1) is 5.92 Å². The lowest BCUT2D eigenvalue weighted by molar-refractivity contribution is -0.140. The molecule has 2 saturated heterocycles. The van der Waals surface area contributed by atoms with E-state index in [0.29, 0.717) is 23.9 Å². The number of aliphatic imine (C=N–C) groups is 1. The van der Waals surface area contributed by atoms with Crippen LogP contribution in [0.3, 0.4) is 0 Å². The predicted octanol–water partition coefficient (Wildman–Crippen LogP) is 3.71. The first kappa shape index (κ1) is 23.7. The molecule has 0 aliphatic carbocycles. The first-order valence-electron chi connectivity index (χ1n) is 9.73. The van der Waals surface area contributed by atoms with Crippen LogP contribution < -0.4 is 5.32 Å². The standard InChI is InChI=1S/C18H28F3N5S.HI/c1-2-22-17(23-7-5-16-24-15(13-27-16)18(19,20)21)26-10-6-14(12-26)11-25-8-3-4-9-25;/h13-14H,2-12H2,1H3,(H,22,23);1H. The molecule has 1 aromatic heterocycles. The van der Waals surface area contributed by atoms with Crippen LogP contribution in [0.2, 0.25) is 0 Å². The van der Waals surface area contributed by atoms with Gasteiger partial charge < -0.3 is 15.1 Å². The van der Waals surface area contributed by atoms with E-state index in [1.54, 1.807) is 0 Å². The van der Waals surface area contributed by atoms with Gasteiger partial charge in [-0.25, -0.2) is 4.98 Å². The van der Waals surface area contributed by atoms with Crippen LogP contribution in [0.4, 0.5) is 13.2 Å². The Morgan fingerprint density at radius 3 is 2.71 bits per heavy atom. The average molecular weight is 531 g/mol. The van der Waals surface area contributed by atoms with Crippen molar-refractivity contribution in [3.63, 3.8) is 0 Å². The summed E-state index contributed by atoms with van der Waals surface area (Å²) in [7, 11) is 0. The summed E-state index contributed by atoms with van der Waals surface area (Å²) in [6.45, 7) is 8.84. The number of alkyl halides is 3. The first-order valence-corrected chi connectivity index (χ1v) is 10.6. The summed E-state index contributed by atoms with van der Waals surface area (Å²) >= 11 is 1.05. The van der Waals surface area contributed by atoms with Crippen LogP contribution in [0.5, 0.6) is 0 Å². The van der Waals surface area contributed by atoms with Gasteiger partial charge in [0.1, 0.15) is 0 Å². The van der Waals surface area contributed by atoms with E-state index < -0.39 is 11.9 Å². The normalized spacial score (nSPS) is 21.2. The second-order valence-corrected chi connectivity index (χ2v) is 8.16. The number of guanidine groups is 1. The molecule has 0 spiro atoms. The monoisotopic (exact) mass is 531 g/mol. The fourth-order valence-corrected chi connectivity index (χ4v) is 4.54. The molecule has 2 fully saturated rings. The van der Waals surface area contributed by atoms with Gasteiger partial charge in [-0.05, 0) is 45.2 Å². The van der Waals surface area contributed by atoms with E-state index >= 15 is 0 Å². The van der Waals surface area contributed by atoms with Gasteiger partial charge in [0.15, 0.2) is 11.7 Å². The fraction of sp³-hybridized carbons (Fsp3) is 0.778. The summed E-state index contributed by atoms with van der Waals surface area (Å²) in [5.74, 6) is 1.54. The summed E-state index contributed by atoms with van der Waals surface area (Å²) < 4.78 is 37.9. The molecule has 0 saturated carbocycles. The Morgan fingerprint density at radius 1 is 1.32 bits per heavy atom. The molecule has 5 nitrogen and oxygen atoms in total. The van der Waals surface area contributed by atoms with Crippen LogP contribution >= 0.6 is 35.3 Å². The van der Waals surface area contributed by atoms with Crippen molar-refractivity contribution in [2.24, 2.45) is 10.9 Å². The Balaban J connectivity index is 0.00000280. The number of hydrogen-bond acceptors (Lipinski definition) is 4. The van der Waals surface area contributed by atoms with Crippen molar-refractivity contribution in [1.29, 1.82) is 0 Å². The van der Waals surface area contributed by atoms with Gasteiger partial charge in [0, 0.05) is 44.5 Å². The molecular formula is C18H29F3IN5S. The molecule has 3 rings (SSSR count). The molecule has 1 aromatic rings. The van der Waals surface area contributed by atoms with Gasteiger partial charge in [-0.1, -0.05) is 0 Å². The van der Waals surface area contributed by atoms with E-state index in [1.807, 2.05) is 6.92 Å². The summed E-state index contributed by atoms with van der Waals surface area (Å²) in [5.41, 5.74) is -0.803. The van der Waals surface area contributed by atoms with Crippen molar-refractivity contribution in [3.05, 3.63) is 16.1 Å². The maximum absolute atomic E-state index is 12.6. The smallest absolute Gasteiger partial charge is 0.357 e. The Morgan fingerprint density at radius 2 is 2.07 bits per heavy atom. The number of rotatable bonds is 6. The topological polar surface area (TPSA) is 43.8 Å². The van der Waals surface area contributed by atoms with E-state index in [0.717, 1.165) is 48.9 Å². The molecule has 1 unspecified atom stereocenters. The SMILES string of the molecule is CCNC(=NCCc1nc(C(F)(F)F)cs1)N1CCC(CN2CCCC2)C1.I. The van der Waals surface area contributed by atoms with E-state index in [9.17, 15) is 13.2 Å². The molecule has 3 heterocycles. The third-order valence-corrected chi connectivity index (χ3v) is 5.97. The molecule has 10 heteroatoms. The molecule has 0 amide bonds. The van der Waals surface area contributed by atoms with Crippen LogP contribution in [0.1, 0.15) is 36.9 Å². The molecule has 2 aliphatic rings. The third-order valence-electron chi connectivity index (χ3n) is 5.06. The Hall–Kier alpha value is -0.620. The van der Waals surface area contributed by atoms with Crippen molar-refractivity contribution >= 4 is 41.3 Å². The third kappa shape index (κ3) is 6.72. The van der Waals surface area contributed by atoms with Gasteiger partial charge in [-0.2, -0.15) is 13.2 Å². The van der Waals surface area contributed by atoms with Crippen molar-refractivity contribution in [3.8, 4) is 0 Å². The number of nitrogens with one attached hydrogen (secondary N) is 1. The Bertz CT molecular complexity index is 631. The summed E-state index contributed by atoms with van der Waals surface area (Å²) in [4.78, 5) is 13.1. The number of hydrogen-bond donors (Lipinski definition) is 1. The molecule has 160 valence electrons. The van der Waals surface area contributed by atoms with Gasteiger partial charge in [0.05, 0.1) is 5.01 Å². The maximum atomic E-state index is 12.6. The number of nitrogens with zero attached hydrogens (tertiary/aromatic N) is 4. The number of aromatic nitrogens is 1. The maximum Gasteiger partial charge on any atom is 0.434 e. The minimum Gasteiger partial charge on any atom is -0.357 e. The van der Waals surface area contributed by atoms with Gasteiger partial charge in [-0.3, -0.25) is 4.99 Å². The van der Waals surface area contributed by atoms with E-state index in [4.69, 9.17) is 0 Å². The van der Waals surface area contributed by atoms with E-state index in [-0.39, 0.29) is 24.0 Å². The predicted molar refractivity (Wildman–Crippen MR) is 118 cm³/mol. The minimum absolute atomic E-state index is 0. The summed E-state index contributed by atoms with van der Waals surface area (Å²) in [6.07, 6.45) is -0.142. The van der Waals surface area contributed by atoms with Gasteiger partial charge in [0.25, 0.3) is 0 Å². The molecule has 0 radical (unpaired) electrons. The highest BCUT2D eigenvalue weighted by Gasteiger charge is 2.33. The second-order valence-electron chi connectivity index (χ2n) is 7.22. The molecular weight excluding hydrogens is 502 g/mol. The zero-order chi connectivity index (χ0) is 19.3. The number of likely N-dealkylation sites (tertiary alicyclic amines) is 2. The summed E-state index contributed by atoms with van der Waals surface area (Å²) in [6, 6.07) is 0. The lowest BCUT2D eigenvalue weighted by atomic mass is 10.1. The summed E-state index contributed by atoms with van der Waals surface area (Å²) in [5, 5.41) is 4.88. The number of halogens is 4. The molecule has 1 atom stereocenters. The second kappa shape index (κ2) is 11.0. The van der Waals surface area contributed by atoms with Crippen molar-refractivity contribution in [2.75, 3.05) is 45.8 Å². The minimum atomic E-state index is -4.37. The van der Waals surface area contributed by atoms with Crippen LogP contribution in [0.25, 0.3) is 0 Å². The van der Waals surface area contributed by atoms with Crippen molar-refractivity contribution in [1.82, 2.24) is 20.1 Å². The largest absolute Gasteiger partial charge is 0.434 e. The van der Waals surface area contributed by atoms with Gasteiger partial charge in [0.2, 0.25) is 0 Å². The van der Waals surface area contributed by atoms with Crippen LogP contribution in [-0.4, -0.2) is 66.6 Å². The van der Waals surface area contributed by atoms with Crippen LogP contribution in [0.15, 0.2) is 10.4 Å². The average Bonchev–Trinajstić information content (AvgIpc) is 3.35. The lowest BCUT2D eigenvalue weighted by Gasteiger charge is -2.23. The molecule has 0 bridgehead atoms. The quantitative estimate of drug-likeness (QED) is 0.346. The highest BCUT2D eigenvalue weighted by atomic mass is 127. The van der Waals surface area contributed by atoms with E-state index in [2.05, 4.69) is 25.1 Å². The first-order chi connectivity index (χ1) is 13.0. The molecule has 2 aliphatic heterocycles. The van der Waals surface area contributed by atoms with Crippen LogP contribution in [-0.2, 0) is 12.6 Å². The van der Waals surface area contributed by atoms with Crippen molar-refractivity contribution in [2.45, 2.75) is 38.8 Å². The van der Waals surface area contributed by atoms with Gasteiger partial charge in [-0.15, -0.1) is 35.3 Å².